The van der Waals surface area contributed by atoms with Crippen molar-refractivity contribution in [1.82, 2.24) is 4.90 Å². The molecule has 0 saturated carbocycles. The molecule has 4 heteroatoms. The summed E-state index contributed by atoms with van der Waals surface area (Å²) in [5.41, 5.74) is 2.63. The number of carbonyl (C=O) groups is 1. The van der Waals surface area contributed by atoms with Crippen LogP contribution >= 0.6 is 0 Å². The largest absolute Gasteiger partial charge is 0.478 e. The maximum absolute atomic E-state index is 10.8. The number of hydrogen-bond donors (Lipinski definition) is 2. The van der Waals surface area contributed by atoms with E-state index in [1.54, 1.807) is 12.1 Å². The molecule has 0 aliphatic carbocycles. The van der Waals surface area contributed by atoms with E-state index in [0.717, 1.165) is 25.1 Å². The van der Waals surface area contributed by atoms with Crippen LogP contribution in [0.1, 0.15) is 21.5 Å². The van der Waals surface area contributed by atoms with E-state index in [-0.39, 0.29) is 6.61 Å². The molecular formula is C12H15NO3. The number of carboxylic acids is 1. The number of rotatable bonds is 3. The van der Waals surface area contributed by atoms with E-state index in [9.17, 15) is 4.79 Å². The Balaban J connectivity index is 2.21. The van der Waals surface area contributed by atoms with Gasteiger partial charge >= 0.3 is 5.97 Å². The molecule has 0 unspecified atom stereocenters. The fourth-order valence-electron chi connectivity index (χ4n) is 2.08. The highest BCUT2D eigenvalue weighted by molar-refractivity contribution is 5.87. The second kappa shape index (κ2) is 4.63. The molecule has 0 atom stereocenters. The number of fused-ring (bicyclic) bond motifs is 1. The van der Waals surface area contributed by atoms with Crippen LogP contribution in [-0.4, -0.2) is 40.8 Å². The Kier molecular flexibility index (Phi) is 3.22. The van der Waals surface area contributed by atoms with Gasteiger partial charge in [0, 0.05) is 19.6 Å². The number of carboxylic acid groups (broad SMARTS) is 1. The lowest BCUT2D eigenvalue weighted by atomic mass is 9.97. The number of aliphatic hydroxyl groups is 1. The van der Waals surface area contributed by atoms with Crippen molar-refractivity contribution in [2.75, 3.05) is 19.7 Å². The normalized spacial score (nSPS) is 15.8. The number of nitrogens with zero attached hydrogens (tertiary/aromatic N) is 1. The summed E-state index contributed by atoms with van der Waals surface area (Å²) in [4.78, 5) is 13.0. The highest BCUT2D eigenvalue weighted by Crippen LogP contribution is 2.20. The van der Waals surface area contributed by atoms with Crippen molar-refractivity contribution in [2.24, 2.45) is 0 Å². The van der Waals surface area contributed by atoms with Crippen LogP contribution in [0.15, 0.2) is 18.2 Å². The fourth-order valence-corrected chi connectivity index (χ4v) is 2.08. The van der Waals surface area contributed by atoms with Gasteiger partial charge in [-0.25, -0.2) is 4.79 Å². The van der Waals surface area contributed by atoms with Gasteiger partial charge in [0.2, 0.25) is 0 Å². The van der Waals surface area contributed by atoms with Gasteiger partial charge < -0.3 is 10.2 Å². The summed E-state index contributed by atoms with van der Waals surface area (Å²) >= 11 is 0. The van der Waals surface area contributed by atoms with Crippen LogP contribution in [0.25, 0.3) is 0 Å². The molecule has 0 fully saturated rings. The van der Waals surface area contributed by atoms with E-state index < -0.39 is 5.97 Å². The van der Waals surface area contributed by atoms with Crippen LogP contribution < -0.4 is 0 Å². The summed E-state index contributed by atoms with van der Waals surface area (Å²) in [6.07, 6.45) is 0.926. The fraction of sp³-hybridized carbons (Fsp3) is 0.417. The minimum atomic E-state index is -0.887. The van der Waals surface area contributed by atoms with Gasteiger partial charge in [-0.2, -0.15) is 0 Å². The Bertz CT molecular complexity index is 403. The van der Waals surface area contributed by atoms with Gasteiger partial charge in [0.15, 0.2) is 0 Å². The van der Waals surface area contributed by atoms with Crippen LogP contribution in [0, 0.1) is 0 Å². The zero-order valence-electron chi connectivity index (χ0n) is 9.02. The molecule has 1 aromatic carbocycles. The Hall–Kier alpha value is -1.39. The first-order chi connectivity index (χ1) is 7.70. The lowest BCUT2D eigenvalue weighted by Gasteiger charge is -2.28. The highest BCUT2D eigenvalue weighted by atomic mass is 16.4. The zero-order chi connectivity index (χ0) is 11.5. The molecule has 16 heavy (non-hydrogen) atoms. The number of hydrogen-bond acceptors (Lipinski definition) is 3. The van der Waals surface area contributed by atoms with Gasteiger partial charge in [0.25, 0.3) is 0 Å². The van der Waals surface area contributed by atoms with E-state index in [1.165, 1.54) is 5.56 Å². The summed E-state index contributed by atoms with van der Waals surface area (Å²) in [5.74, 6) is -0.887. The lowest BCUT2D eigenvalue weighted by molar-refractivity contribution is 0.0696. The zero-order valence-corrected chi connectivity index (χ0v) is 9.02. The average Bonchev–Trinajstić information content (AvgIpc) is 2.28. The Morgan fingerprint density at radius 2 is 2.19 bits per heavy atom. The molecule has 86 valence electrons. The summed E-state index contributed by atoms with van der Waals surface area (Å²) in [6.45, 7) is 2.46. The van der Waals surface area contributed by atoms with Crippen molar-refractivity contribution in [1.29, 1.82) is 0 Å². The standard InChI is InChI=1S/C12H15NO3/c14-6-5-13-4-3-9-1-2-10(12(15)16)7-11(9)8-13/h1-2,7,14H,3-6,8H2,(H,15,16). The van der Waals surface area contributed by atoms with Gasteiger partial charge in [-0.05, 0) is 29.7 Å². The van der Waals surface area contributed by atoms with Crippen LogP contribution in [0.2, 0.25) is 0 Å². The van der Waals surface area contributed by atoms with Crippen LogP contribution in [0.5, 0.6) is 0 Å². The molecule has 0 bridgehead atoms. The molecule has 0 radical (unpaired) electrons. The number of aliphatic hydroxyl groups excluding tert-OH is 1. The number of aromatic carboxylic acids is 1. The van der Waals surface area contributed by atoms with Crippen molar-refractivity contribution in [3.05, 3.63) is 34.9 Å². The SMILES string of the molecule is O=C(O)c1ccc2c(c1)CN(CCO)CC2. The molecule has 1 aromatic rings. The summed E-state index contributed by atoms with van der Waals surface area (Å²) in [7, 11) is 0. The maximum atomic E-state index is 10.8. The molecule has 1 aliphatic rings. The third-order valence-corrected chi connectivity index (χ3v) is 2.96. The lowest BCUT2D eigenvalue weighted by Crippen LogP contribution is -2.32. The first kappa shape index (κ1) is 11.1. The molecular weight excluding hydrogens is 206 g/mol. The third-order valence-electron chi connectivity index (χ3n) is 2.96. The molecule has 0 aromatic heterocycles. The minimum absolute atomic E-state index is 0.147. The molecule has 4 nitrogen and oxygen atoms in total. The number of β-amino-alcohol motifs (C(OH)–C–C–N with tert-alkyl or cyclic N) is 1. The van der Waals surface area contributed by atoms with E-state index in [0.29, 0.717) is 12.1 Å². The monoisotopic (exact) mass is 221 g/mol. The van der Waals surface area contributed by atoms with Gasteiger partial charge in [-0.15, -0.1) is 0 Å². The summed E-state index contributed by atoms with van der Waals surface area (Å²) < 4.78 is 0. The van der Waals surface area contributed by atoms with Crippen LogP contribution in [0.3, 0.4) is 0 Å². The quantitative estimate of drug-likeness (QED) is 0.790. The van der Waals surface area contributed by atoms with Crippen molar-refractivity contribution in [3.8, 4) is 0 Å². The Morgan fingerprint density at radius 3 is 2.88 bits per heavy atom. The van der Waals surface area contributed by atoms with E-state index in [1.807, 2.05) is 6.07 Å². The molecule has 0 saturated heterocycles. The minimum Gasteiger partial charge on any atom is -0.478 e. The summed E-state index contributed by atoms with van der Waals surface area (Å²) in [6, 6.07) is 5.29. The second-order valence-corrected chi connectivity index (χ2v) is 4.04. The van der Waals surface area contributed by atoms with Crippen molar-refractivity contribution in [3.63, 3.8) is 0 Å². The first-order valence-corrected chi connectivity index (χ1v) is 5.39. The molecule has 2 rings (SSSR count). The van der Waals surface area contributed by atoms with Gasteiger partial charge in [0.05, 0.1) is 12.2 Å². The number of benzene rings is 1. The Morgan fingerprint density at radius 1 is 1.38 bits per heavy atom. The molecule has 1 heterocycles. The predicted octanol–water partition coefficient (Wildman–Crippen LogP) is 0.735. The van der Waals surface area contributed by atoms with E-state index in [2.05, 4.69) is 4.90 Å². The molecule has 0 spiro atoms. The van der Waals surface area contributed by atoms with E-state index in [4.69, 9.17) is 10.2 Å². The molecule has 2 N–H and O–H groups in total. The maximum Gasteiger partial charge on any atom is 0.335 e. The summed E-state index contributed by atoms with van der Waals surface area (Å²) in [5, 5.41) is 17.8. The third kappa shape index (κ3) is 2.23. The molecule has 0 amide bonds. The Labute approximate surface area is 94.1 Å². The van der Waals surface area contributed by atoms with E-state index >= 15 is 0 Å². The van der Waals surface area contributed by atoms with Gasteiger partial charge in [0.1, 0.15) is 0 Å². The highest BCUT2D eigenvalue weighted by Gasteiger charge is 2.17. The first-order valence-electron chi connectivity index (χ1n) is 5.39. The average molecular weight is 221 g/mol. The van der Waals surface area contributed by atoms with Crippen molar-refractivity contribution < 1.29 is 15.0 Å². The van der Waals surface area contributed by atoms with Gasteiger partial charge in [-0.3, -0.25) is 4.90 Å². The van der Waals surface area contributed by atoms with Crippen LogP contribution in [0.4, 0.5) is 0 Å². The van der Waals surface area contributed by atoms with Gasteiger partial charge in [-0.1, -0.05) is 6.07 Å². The van der Waals surface area contributed by atoms with Crippen molar-refractivity contribution >= 4 is 5.97 Å². The smallest absolute Gasteiger partial charge is 0.335 e. The van der Waals surface area contributed by atoms with Crippen molar-refractivity contribution in [2.45, 2.75) is 13.0 Å². The topological polar surface area (TPSA) is 60.8 Å². The van der Waals surface area contributed by atoms with Crippen LogP contribution in [-0.2, 0) is 13.0 Å². The molecule has 1 aliphatic heterocycles. The second-order valence-electron chi connectivity index (χ2n) is 4.04. The predicted molar refractivity (Wildman–Crippen MR) is 59.5 cm³/mol.